The van der Waals surface area contributed by atoms with Crippen LogP contribution in [0.1, 0.15) is 16.1 Å². The Morgan fingerprint density at radius 3 is 2.70 bits per heavy atom. The highest BCUT2D eigenvalue weighted by molar-refractivity contribution is 5.95. The third kappa shape index (κ3) is 3.32. The molecular formula is C17H12FN3O2. The quantitative estimate of drug-likeness (QED) is 0.577. The number of carbonyl (C=O) groups is 1. The zero-order valence-electron chi connectivity index (χ0n) is 11.9. The number of aromatic hydroxyl groups is 1. The van der Waals surface area contributed by atoms with Gasteiger partial charge in [0, 0.05) is 10.9 Å². The van der Waals surface area contributed by atoms with Gasteiger partial charge in [0.1, 0.15) is 17.1 Å². The van der Waals surface area contributed by atoms with Crippen LogP contribution in [-0.4, -0.2) is 22.2 Å². The van der Waals surface area contributed by atoms with Crippen LogP contribution in [0.5, 0.6) is 5.75 Å². The second-order valence-corrected chi connectivity index (χ2v) is 4.79. The van der Waals surface area contributed by atoms with Crippen molar-refractivity contribution in [3.8, 4) is 5.75 Å². The van der Waals surface area contributed by atoms with Gasteiger partial charge < -0.3 is 5.11 Å². The minimum atomic E-state index is -0.454. The molecule has 0 aliphatic carbocycles. The predicted molar refractivity (Wildman–Crippen MR) is 84.9 cm³/mol. The average molecular weight is 309 g/mol. The average Bonchev–Trinajstić information content (AvgIpc) is 2.56. The molecule has 0 aliphatic rings. The number of para-hydroxylation sites is 1. The monoisotopic (exact) mass is 309 g/mol. The van der Waals surface area contributed by atoms with Crippen molar-refractivity contribution in [1.82, 2.24) is 10.4 Å². The van der Waals surface area contributed by atoms with Gasteiger partial charge in [0.15, 0.2) is 0 Å². The first-order chi connectivity index (χ1) is 11.1. The van der Waals surface area contributed by atoms with Gasteiger partial charge in [-0.25, -0.2) is 14.8 Å². The molecular weight excluding hydrogens is 297 g/mol. The van der Waals surface area contributed by atoms with Crippen LogP contribution >= 0.6 is 0 Å². The maximum atomic E-state index is 12.8. The Labute approximate surface area is 131 Å². The second-order valence-electron chi connectivity index (χ2n) is 4.79. The van der Waals surface area contributed by atoms with Gasteiger partial charge in [0.05, 0.1) is 11.9 Å². The number of nitrogens with one attached hydrogen (secondary N) is 1. The minimum absolute atomic E-state index is 0.0769. The molecule has 2 N–H and O–H groups in total. The Bertz CT molecular complexity index is 892. The summed E-state index contributed by atoms with van der Waals surface area (Å²) in [5.74, 6) is -0.789. The summed E-state index contributed by atoms with van der Waals surface area (Å²) in [6, 6.07) is 13.8. The van der Waals surface area contributed by atoms with Gasteiger partial charge >= 0.3 is 0 Å². The molecule has 0 atom stereocenters. The summed E-state index contributed by atoms with van der Waals surface area (Å²) in [5.41, 5.74) is 3.58. The lowest BCUT2D eigenvalue weighted by Crippen LogP contribution is -2.17. The number of fused-ring (bicyclic) bond motifs is 1. The number of rotatable bonds is 3. The fourth-order valence-electron chi connectivity index (χ4n) is 2.04. The summed E-state index contributed by atoms with van der Waals surface area (Å²) in [4.78, 5) is 16.1. The van der Waals surface area contributed by atoms with E-state index >= 15 is 0 Å². The van der Waals surface area contributed by atoms with Crippen molar-refractivity contribution in [3.63, 3.8) is 0 Å². The molecule has 114 valence electrons. The van der Waals surface area contributed by atoms with Gasteiger partial charge in [-0.2, -0.15) is 5.10 Å². The SMILES string of the molecule is O=C(N/N=C/c1ccc2cccc(O)c2n1)c1ccc(F)cc1. The van der Waals surface area contributed by atoms with Crippen molar-refractivity contribution in [2.75, 3.05) is 0 Å². The summed E-state index contributed by atoms with van der Waals surface area (Å²) in [6.07, 6.45) is 1.37. The molecule has 2 aromatic carbocycles. The molecule has 1 heterocycles. The van der Waals surface area contributed by atoms with E-state index in [1.165, 1.54) is 30.5 Å². The first-order valence-electron chi connectivity index (χ1n) is 6.81. The molecule has 0 saturated carbocycles. The van der Waals surface area contributed by atoms with Crippen molar-refractivity contribution < 1.29 is 14.3 Å². The van der Waals surface area contributed by atoms with E-state index in [1.54, 1.807) is 24.3 Å². The first-order valence-corrected chi connectivity index (χ1v) is 6.81. The summed E-state index contributed by atoms with van der Waals surface area (Å²) < 4.78 is 12.8. The van der Waals surface area contributed by atoms with Crippen LogP contribution in [0.3, 0.4) is 0 Å². The first kappa shape index (κ1) is 14.6. The lowest BCUT2D eigenvalue weighted by atomic mass is 10.2. The van der Waals surface area contributed by atoms with E-state index in [1.807, 2.05) is 6.07 Å². The molecule has 0 bridgehead atoms. The smallest absolute Gasteiger partial charge is 0.271 e. The summed E-state index contributed by atoms with van der Waals surface area (Å²) in [5, 5.41) is 14.4. The number of aromatic nitrogens is 1. The molecule has 1 amide bonds. The molecule has 5 nitrogen and oxygen atoms in total. The number of hydrogen-bond acceptors (Lipinski definition) is 4. The minimum Gasteiger partial charge on any atom is -0.506 e. The van der Waals surface area contributed by atoms with Crippen LogP contribution in [0.4, 0.5) is 4.39 Å². The molecule has 0 saturated heterocycles. The second kappa shape index (κ2) is 6.23. The van der Waals surface area contributed by atoms with Crippen LogP contribution in [0.2, 0.25) is 0 Å². The van der Waals surface area contributed by atoms with Crippen molar-refractivity contribution in [2.24, 2.45) is 5.10 Å². The number of halogens is 1. The zero-order chi connectivity index (χ0) is 16.2. The van der Waals surface area contributed by atoms with Gasteiger partial charge in [0.2, 0.25) is 0 Å². The molecule has 0 spiro atoms. The molecule has 0 fully saturated rings. The maximum absolute atomic E-state index is 12.8. The lowest BCUT2D eigenvalue weighted by Gasteiger charge is -2.01. The Kier molecular flexibility index (Phi) is 3.97. The van der Waals surface area contributed by atoms with E-state index in [4.69, 9.17) is 0 Å². The van der Waals surface area contributed by atoms with E-state index in [0.717, 1.165) is 5.39 Å². The highest BCUT2D eigenvalue weighted by Gasteiger charge is 2.04. The van der Waals surface area contributed by atoms with Crippen LogP contribution in [0.15, 0.2) is 59.7 Å². The summed E-state index contributed by atoms with van der Waals surface area (Å²) >= 11 is 0. The number of amides is 1. The van der Waals surface area contributed by atoms with E-state index in [-0.39, 0.29) is 5.75 Å². The van der Waals surface area contributed by atoms with E-state index in [9.17, 15) is 14.3 Å². The molecule has 0 aliphatic heterocycles. The number of hydrogen-bond donors (Lipinski definition) is 2. The maximum Gasteiger partial charge on any atom is 0.271 e. The number of pyridine rings is 1. The third-order valence-corrected chi connectivity index (χ3v) is 3.19. The van der Waals surface area contributed by atoms with Crippen LogP contribution in [-0.2, 0) is 0 Å². The fraction of sp³-hybridized carbons (Fsp3) is 0. The molecule has 1 aromatic heterocycles. The molecule has 6 heteroatoms. The Hall–Kier alpha value is -3.28. The number of nitrogens with zero attached hydrogens (tertiary/aromatic N) is 2. The molecule has 0 unspecified atom stereocenters. The van der Waals surface area contributed by atoms with Crippen molar-refractivity contribution in [1.29, 1.82) is 0 Å². The van der Waals surface area contributed by atoms with Gasteiger partial charge in [-0.1, -0.05) is 18.2 Å². The molecule has 3 aromatic rings. The highest BCUT2D eigenvalue weighted by Crippen LogP contribution is 2.21. The number of hydrazone groups is 1. The number of carbonyl (C=O) groups excluding carboxylic acids is 1. The largest absolute Gasteiger partial charge is 0.506 e. The highest BCUT2D eigenvalue weighted by atomic mass is 19.1. The zero-order valence-corrected chi connectivity index (χ0v) is 11.9. The van der Waals surface area contributed by atoms with Crippen molar-refractivity contribution in [3.05, 3.63) is 71.7 Å². The summed E-state index contributed by atoms with van der Waals surface area (Å²) in [6.45, 7) is 0. The van der Waals surface area contributed by atoms with Gasteiger partial charge in [-0.15, -0.1) is 0 Å². The number of phenols is 1. The van der Waals surface area contributed by atoms with Crippen LogP contribution in [0, 0.1) is 5.82 Å². The predicted octanol–water partition coefficient (Wildman–Crippen LogP) is 2.84. The van der Waals surface area contributed by atoms with E-state index in [0.29, 0.717) is 16.8 Å². The Morgan fingerprint density at radius 1 is 1.13 bits per heavy atom. The van der Waals surface area contributed by atoms with E-state index < -0.39 is 11.7 Å². The standard InChI is InChI=1S/C17H12FN3O2/c18-13-7-4-12(5-8-13)17(23)21-19-10-14-9-6-11-2-1-3-15(22)16(11)20-14/h1-10,22H,(H,21,23)/b19-10+. The normalized spacial score (nSPS) is 11.0. The van der Waals surface area contributed by atoms with Gasteiger partial charge in [-0.3, -0.25) is 4.79 Å². The van der Waals surface area contributed by atoms with Crippen molar-refractivity contribution >= 4 is 23.0 Å². The Balaban J connectivity index is 1.74. The van der Waals surface area contributed by atoms with Gasteiger partial charge in [0.25, 0.3) is 5.91 Å². The van der Waals surface area contributed by atoms with Crippen LogP contribution < -0.4 is 5.43 Å². The third-order valence-electron chi connectivity index (χ3n) is 3.19. The topological polar surface area (TPSA) is 74.6 Å². The molecule has 23 heavy (non-hydrogen) atoms. The van der Waals surface area contributed by atoms with Crippen LogP contribution in [0.25, 0.3) is 10.9 Å². The number of benzene rings is 2. The molecule has 0 radical (unpaired) electrons. The van der Waals surface area contributed by atoms with Gasteiger partial charge in [-0.05, 0) is 36.4 Å². The lowest BCUT2D eigenvalue weighted by molar-refractivity contribution is 0.0955. The fourth-order valence-corrected chi connectivity index (χ4v) is 2.04. The number of phenolic OH excluding ortho intramolecular Hbond substituents is 1. The summed E-state index contributed by atoms with van der Waals surface area (Å²) in [7, 11) is 0. The van der Waals surface area contributed by atoms with Crippen molar-refractivity contribution in [2.45, 2.75) is 0 Å². The molecule has 3 rings (SSSR count). The van der Waals surface area contributed by atoms with E-state index in [2.05, 4.69) is 15.5 Å². The Morgan fingerprint density at radius 2 is 1.91 bits per heavy atom.